The van der Waals surface area contributed by atoms with Crippen molar-refractivity contribution in [3.05, 3.63) is 60.2 Å². The van der Waals surface area contributed by atoms with Gasteiger partial charge in [0.2, 0.25) is 5.91 Å². The molecule has 0 radical (unpaired) electrons. The molecule has 3 atom stereocenters. The number of likely N-dealkylation sites (tertiary alicyclic amines) is 1. The molecule has 0 saturated carbocycles. The van der Waals surface area contributed by atoms with Crippen LogP contribution in [0.2, 0.25) is 0 Å². The first-order valence-corrected chi connectivity index (χ1v) is 12.4. The number of hydrogen-bond donors (Lipinski definition) is 2. The van der Waals surface area contributed by atoms with Crippen LogP contribution in [0.3, 0.4) is 0 Å². The lowest BCUT2D eigenvalue weighted by atomic mass is 9.85. The lowest BCUT2D eigenvalue weighted by Gasteiger charge is -2.35. The SMILES string of the molecule is CO[C@@]1(c2ccc(-c3ccccc3)cc2)C[C@@H](C(=O)O)N(C(=O)C(NC(=O)OC(C)(C)C)C(C)(C)C)C1. The van der Waals surface area contributed by atoms with Crippen LogP contribution in [0, 0.1) is 5.41 Å². The average molecular weight is 511 g/mol. The van der Waals surface area contributed by atoms with Gasteiger partial charge < -0.3 is 24.8 Å². The molecule has 8 nitrogen and oxygen atoms in total. The number of benzene rings is 2. The summed E-state index contributed by atoms with van der Waals surface area (Å²) >= 11 is 0. The summed E-state index contributed by atoms with van der Waals surface area (Å²) in [6.07, 6.45) is -0.653. The molecule has 1 aliphatic heterocycles. The molecule has 0 bridgehead atoms. The maximum atomic E-state index is 13.8. The van der Waals surface area contributed by atoms with Gasteiger partial charge in [0.1, 0.15) is 23.3 Å². The van der Waals surface area contributed by atoms with Crippen molar-refractivity contribution in [2.75, 3.05) is 13.7 Å². The fourth-order valence-corrected chi connectivity index (χ4v) is 4.64. The minimum atomic E-state index is -1.13. The number of ether oxygens (including phenoxy) is 2. The maximum absolute atomic E-state index is 13.8. The van der Waals surface area contributed by atoms with E-state index in [0.717, 1.165) is 16.7 Å². The summed E-state index contributed by atoms with van der Waals surface area (Å²) in [6, 6.07) is 15.6. The molecular formula is C29H38N2O6. The first kappa shape index (κ1) is 28.2. The number of carbonyl (C=O) groups is 3. The van der Waals surface area contributed by atoms with Crippen LogP contribution >= 0.6 is 0 Å². The van der Waals surface area contributed by atoms with Gasteiger partial charge in [-0.15, -0.1) is 0 Å². The van der Waals surface area contributed by atoms with E-state index in [1.807, 2.05) is 75.4 Å². The molecule has 2 aromatic rings. The van der Waals surface area contributed by atoms with Crippen LogP contribution in [0.5, 0.6) is 0 Å². The lowest BCUT2D eigenvalue weighted by Crippen LogP contribution is -2.57. The zero-order chi connectivity index (χ0) is 27.6. The number of amides is 2. The molecule has 2 N–H and O–H groups in total. The Morgan fingerprint density at radius 3 is 2.03 bits per heavy atom. The standard InChI is InChI=1S/C29H38N2O6/c1-27(2,3)23(30-26(35)37-28(4,5)6)24(32)31-18-29(36-7,17-22(31)25(33)34)21-15-13-20(14-16-21)19-11-9-8-10-12-19/h8-16,22-23H,17-18H2,1-7H3,(H,30,35)(H,33,34)/t22-,23?,29-/m0/s1. The van der Waals surface area contributed by atoms with Crippen molar-refractivity contribution >= 4 is 18.0 Å². The normalized spacial score (nSPS) is 20.8. The van der Waals surface area contributed by atoms with Gasteiger partial charge in [-0.2, -0.15) is 0 Å². The van der Waals surface area contributed by atoms with E-state index < -0.39 is 46.7 Å². The number of aliphatic carboxylic acids is 1. The minimum absolute atomic E-state index is 0.0343. The Hall–Kier alpha value is -3.39. The van der Waals surface area contributed by atoms with Crippen molar-refractivity contribution < 1.29 is 29.0 Å². The van der Waals surface area contributed by atoms with Gasteiger partial charge >= 0.3 is 12.1 Å². The fourth-order valence-electron chi connectivity index (χ4n) is 4.64. The monoisotopic (exact) mass is 510 g/mol. The number of carboxylic acid groups (broad SMARTS) is 1. The molecule has 1 heterocycles. The zero-order valence-corrected chi connectivity index (χ0v) is 22.7. The van der Waals surface area contributed by atoms with Gasteiger partial charge in [-0.1, -0.05) is 75.4 Å². The highest BCUT2D eigenvalue weighted by molar-refractivity contribution is 5.90. The van der Waals surface area contributed by atoms with Gasteiger partial charge in [0.05, 0.1) is 6.54 Å². The van der Waals surface area contributed by atoms with Crippen LogP contribution in [0.15, 0.2) is 54.6 Å². The quantitative estimate of drug-likeness (QED) is 0.577. The van der Waals surface area contributed by atoms with Crippen molar-refractivity contribution in [3.63, 3.8) is 0 Å². The largest absolute Gasteiger partial charge is 0.480 e. The summed E-state index contributed by atoms with van der Waals surface area (Å²) < 4.78 is 11.3. The Kier molecular flexibility index (Phi) is 8.03. The number of rotatable bonds is 6. The second kappa shape index (κ2) is 10.5. The third-order valence-electron chi connectivity index (χ3n) is 6.58. The smallest absolute Gasteiger partial charge is 0.408 e. The van der Waals surface area contributed by atoms with Crippen LogP contribution in [0.1, 0.15) is 53.5 Å². The Morgan fingerprint density at radius 1 is 0.973 bits per heavy atom. The molecule has 0 aliphatic carbocycles. The molecule has 200 valence electrons. The van der Waals surface area contributed by atoms with Gasteiger partial charge in [0, 0.05) is 13.5 Å². The lowest BCUT2D eigenvalue weighted by molar-refractivity contribution is -0.150. The molecule has 8 heteroatoms. The Morgan fingerprint density at radius 2 is 1.54 bits per heavy atom. The maximum Gasteiger partial charge on any atom is 0.408 e. The highest BCUT2D eigenvalue weighted by atomic mass is 16.6. The molecule has 1 unspecified atom stereocenters. The zero-order valence-electron chi connectivity index (χ0n) is 22.7. The summed E-state index contributed by atoms with van der Waals surface area (Å²) in [6.45, 7) is 10.7. The number of hydrogen-bond acceptors (Lipinski definition) is 5. The van der Waals surface area contributed by atoms with Crippen molar-refractivity contribution in [1.29, 1.82) is 0 Å². The number of carbonyl (C=O) groups excluding carboxylic acids is 2. The van der Waals surface area contributed by atoms with E-state index in [-0.39, 0.29) is 13.0 Å². The van der Waals surface area contributed by atoms with E-state index in [9.17, 15) is 19.5 Å². The molecule has 0 aromatic heterocycles. The van der Waals surface area contributed by atoms with Crippen molar-refractivity contribution in [2.45, 2.75) is 71.2 Å². The molecule has 2 aromatic carbocycles. The highest BCUT2D eigenvalue weighted by Gasteiger charge is 2.52. The molecule has 0 spiro atoms. The van der Waals surface area contributed by atoms with E-state index in [2.05, 4.69) is 5.32 Å². The Balaban J connectivity index is 1.92. The Bertz CT molecular complexity index is 1120. The van der Waals surface area contributed by atoms with Crippen LogP contribution < -0.4 is 5.32 Å². The number of nitrogens with zero attached hydrogens (tertiary/aromatic N) is 1. The molecule has 37 heavy (non-hydrogen) atoms. The van der Waals surface area contributed by atoms with Gasteiger partial charge in [-0.3, -0.25) is 4.79 Å². The van der Waals surface area contributed by atoms with E-state index in [4.69, 9.17) is 9.47 Å². The third kappa shape index (κ3) is 6.49. The predicted molar refractivity (Wildman–Crippen MR) is 141 cm³/mol. The molecule has 1 fully saturated rings. The number of methoxy groups -OCH3 is 1. The molecule has 2 amide bonds. The summed E-state index contributed by atoms with van der Waals surface area (Å²) in [7, 11) is 1.53. The molecule has 1 aliphatic rings. The molecular weight excluding hydrogens is 472 g/mol. The topological polar surface area (TPSA) is 105 Å². The fraction of sp³-hybridized carbons (Fsp3) is 0.483. The van der Waals surface area contributed by atoms with Crippen LogP contribution in [-0.2, 0) is 24.7 Å². The van der Waals surface area contributed by atoms with Crippen molar-refractivity contribution in [2.24, 2.45) is 5.41 Å². The first-order valence-electron chi connectivity index (χ1n) is 12.4. The van der Waals surface area contributed by atoms with Gasteiger partial charge in [-0.25, -0.2) is 9.59 Å². The number of alkyl carbamates (subject to hydrolysis) is 1. The van der Waals surface area contributed by atoms with Gasteiger partial charge in [0.15, 0.2) is 0 Å². The number of carboxylic acids is 1. The second-order valence-electron chi connectivity index (χ2n) is 11.6. The minimum Gasteiger partial charge on any atom is -0.480 e. The summed E-state index contributed by atoms with van der Waals surface area (Å²) in [5.41, 5.74) is 0.404. The van der Waals surface area contributed by atoms with Crippen LogP contribution in [0.4, 0.5) is 4.79 Å². The molecule has 3 rings (SSSR count). The second-order valence-corrected chi connectivity index (χ2v) is 11.6. The van der Waals surface area contributed by atoms with Crippen molar-refractivity contribution in [3.8, 4) is 11.1 Å². The first-order chi connectivity index (χ1) is 17.2. The van der Waals surface area contributed by atoms with E-state index in [1.165, 1.54) is 12.0 Å². The van der Waals surface area contributed by atoms with Crippen molar-refractivity contribution in [1.82, 2.24) is 10.2 Å². The third-order valence-corrected chi connectivity index (χ3v) is 6.58. The van der Waals surface area contributed by atoms with E-state index in [1.54, 1.807) is 20.8 Å². The summed E-state index contributed by atoms with van der Waals surface area (Å²) in [5, 5.41) is 12.7. The predicted octanol–water partition coefficient (Wildman–Crippen LogP) is 4.82. The number of nitrogens with one attached hydrogen (secondary N) is 1. The summed E-state index contributed by atoms with van der Waals surface area (Å²) in [5.74, 6) is -1.62. The van der Waals surface area contributed by atoms with E-state index in [0.29, 0.717) is 0 Å². The molecule has 1 saturated heterocycles. The van der Waals surface area contributed by atoms with Gasteiger partial charge in [-0.05, 0) is 42.9 Å². The van der Waals surface area contributed by atoms with Crippen LogP contribution in [-0.4, -0.2) is 59.3 Å². The highest BCUT2D eigenvalue weighted by Crippen LogP contribution is 2.41. The van der Waals surface area contributed by atoms with E-state index >= 15 is 0 Å². The van der Waals surface area contributed by atoms with Gasteiger partial charge in [0.25, 0.3) is 0 Å². The Labute approximate surface area is 219 Å². The summed E-state index contributed by atoms with van der Waals surface area (Å²) in [4.78, 5) is 40.0. The van der Waals surface area contributed by atoms with Crippen LogP contribution in [0.25, 0.3) is 11.1 Å². The average Bonchev–Trinajstić information content (AvgIpc) is 3.23.